The predicted molar refractivity (Wildman–Crippen MR) is 103 cm³/mol. The molecule has 0 spiro atoms. The first-order chi connectivity index (χ1) is 13.4. The summed E-state index contributed by atoms with van der Waals surface area (Å²) in [5, 5.41) is -0.361. The third kappa shape index (κ3) is 4.06. The second kappa shape index (κ2) is 8.52. The van der Waals surface area contributed by atoms with Crippen molar-refractivity contribution in [2.45, 2.75) is 31.9 Å². The molecule has 1 fully saturated rings. The Morgan fingerprint density at radius 3 is 2.64 bits per heavy atom. The van der Waals surface area contributed by atoms with Crippen molar-refractivity contribution in [3.05, 3.63) is 53.5 Å². The normalized spacial score (nSPS) is 18.8. The maximum atomic E-state index is 12.7. The van der Waals surface area contributed by atoms with Crippen molar-refractivity contribution in [1.29, 1.82) is 0 Å². The van der Waals surface area contributed by atoms with Gasteiger partial charge in [0.1, 0.15) is 29.5 Å². The molecule has 7 nitrogen and oxygen atoms in total. The van der Waals surface area contributed by atoms with E-state index in [1.165, 1.54) is 43.9 Å². The van der Waals surface area contributed by atoms with Gasteiger partial charge >= 0.3 is 5.97 Å². The van der Waals surface area contributed by atoms with E-state index in [1.54, 1.807) is 30.3 Å². The van der Waals surface area contributed by atoms with Gasteiger partial charge in [-0.25, -0.2) is 4.79 Å². The summed E-state index contributed by atoms with van der Waals surface area (Å²) >= 11 is 1.45. The summed E-state index contributed by atoms with van der Waals surface area (Å²) in [5.74, 6) is 0.721. The molecule has 1 saturated heterocycles. The highest BCUT2D eigenvalue weighted by atomic mass is 32.2. The first-order valence-electron chi connectivity index (χ1n) is 8.70. The topological polar surface area (TPSA) is 86.1 Å². The fourth-order valence-electron chi connectivity index (χ4n) is 3.08. The van der Waals surface area contributed by atoms with Gasteiger partial charge in [0.2, 0.25) is 5.91 Å². The number of nitrogens with zero attached hydrogens (tertiary/aromatic N) is 1. The fourth-order valence-corrected chi connectivity index (χ4v) is 4.49. The lowest BCUT2D eigenvalue weighted by Crippen LogP contribution is -2.42. The van der Waals surface area contributed by atoms with E-state index >= 15 is 0 Å². The van der Waals surface area contributed by atoms with Crippen molar-refractivity contribution < 1.29 is 28.3 Å². The van der Waals surface area contributed by atoms with Gasteiger partial charge in [-0.2, -0.15) is 0 Å². The van der Waals surface area contributed by atoms with E-state index < -0.39 is 12.0 Å². The van der Waals surface area contributed by atoms with E-state index in [4.69, 9.17) is 13.9 Å². The maximum Gasteiger partial charge on any atom is 0.330 e. The molecule has 0 unspecified atom stereocenters. The molecule has 1 amide bonds. The Balaban J connectivity index is 1.73. The number of ketones is 1. The molecule has 0 bridgehead atoms. The van der Waals surface area contributed by atoms with Gasteiger partial charge in [-0.3, -0.25) is 9.59 Å². The Labute approximate surface area is 167 Å². The van der Waals surface area contributed by atoms with Crippen molar-refractivity contribution in [1.82, 2.24) is 4.90 Å². The molecule has 0 N–H and O–H groups in total. The number of Topliss-reactive ketones (excluding diaryl/α,β-unsaturated/α-hetero) is 1. The summed E-state index contributed by atoms with van der Waals surface area (Å²) in [5.41, 5.74) is 1.10. The zero-order valence-corrected chi connectivity index (χ0v) is 16.7. The third-order valence-electron chi connectivity index (χ3n) is 4.48. The molecule has 28 heavy (non-hydrogen) atoms. The summed E-state index contributed by atoms with van der Waals surface area (Å²) in [7, 11) is 1.51. The van der Waals surface area contributed by atoms with Crippen LogP contribution in [0.3, 0.4) is 0 Å². The van der Waals surface area contributed by atoms with Crippen LogP contribution in [0.15, 0.2) is 41.0 Å². The summed E-state index contributed by atoms with van der Waals surface area (Å²) in [6, 6.07) is 7.78. The van der Waals surface area contributed by atoms with Crippen LogP contribution in [0.5, 0.6) is 5.75 Å². The first kappa shape index (κ1) is 20.0. The Morgan fingerprint density at radius 2 is 2.04 bits per heavy atom. The van der Waals surface area contributed by atoms with E-state index in [1.807, 2.05) is 0 Å². The number of carbonyl (C=O) groups excluding carboxylic acids is 3. The van der Waals surface area contributed by atoms with Crippen molar-refractivity contribution in [3.8, 4) is 5.75 Å². The summed E-state index contributed by atoms with van der Waals surface area (Å²) in [4.78, 5) is 38.0. The highest BCUT2D eigenvalue weighted by Crippen LogP contribution is 2.42. The molecule has 0 saturated carbocycles. The van der Waals surface area contributed by atoms with Crippen LogP contribution in [0, 0.1) is 0 Å². The van der Waals surface area contributed by atoms with Crippen LogP contribution in [-0.4, -0.2) is 41.5 Å². The van der Waals surface area contributed by atoms with Crippen molar-refractivity contribution in [2.75, 3.05) is 12.9 Å². The Kier molecular flexibility index (Phi) is 6.08. The van der Waals surface area contributed by atoms with Crippen LogP contribution < -0.4 is 4.74 Å². The smallest absolute Gasteiger partial charge is 0.330 e. The van der Waals surface area contributed by atoms with Crippen LogP contribution in [0.4, 0.5) is 0 Å². The number of thioether (sulfide) groups is 1. The zero-order valence-electron chi connectivity index (χ0n) is 15.8. The van der Waals surface area contributed by atoms with Crippen LogP contribution in [-0.2, 0) is 20.9 Å². The van der Waals surface area contributed by atoms with Crippen LogP contribution >= 0.6 is 11.8 Å². The van der Waals surface area contributed by atoms with E-state index in [9.17, 15) is 14.4 Å². The highest BCUT2D eigenvalue weighted by Gasteiger charge is 2.43. The molecule has 8 heteroatoms. The van der Waals surface area contributed by atoms with Gasteiger partial charge in [0.15, 0.2) is 5.78 Å². The molecule has 0 radical (unpaired) electrons. The predicted octanol–water partition coefficient (Wildman–Crippen LogP) is 3.20. The Bertz CT molecular complexity index is 879. The van der Waals surface area contributed by atoms with Crippen molar-refractivity contribution in [3.63, 3.8) is 0 Å². The number of amides is 1. The van der Waals surface area contributed by atoms with E-state index in [-0.39, 0.29) is 23.7 Å². The lowest BCUT2D eigenvalue weighted by molar-refractivity contribution is -0.154. The molecule has 3 rings (SSSR count). The monoisotopic (exact) mass is 403 g/mol. The number of methoxy groups -OCH3 is 1. The lowest BCUT2D eigenvalue weighted by Gasteiger charge is -2.26. The van der Waals surface area contributed by atoms with Crippen LogP contribution in [0.25, 0.3) is 0 Å². The maximum absolute atomic E-state index is 12.7. The third-order valence-corrected chi connectivity index (χ3v) is 5.76. The Morgan fingerprint density at radius 1 is 1.25 bits per heavy atom. The molecular formula is C20H21NO6S. The Hall–Kier alpha value is -2.74. The number of carbonyl (C=O) groups is 3. The molecule has 1 aliphatic heterocycles. The average molecular weight is 403 g/mol. The minimum Gasteiger partial charge on any atom is -0.496 e. The standard InChI is InChI=1S/C20H21NO6S/c1-12(22)14-6-7-17(25-3)15(9-14)10-27-20(24)16-11-28-19(21(16)13(2)23)18-5-4-8-26-18/h4-9,16,19H,10-11H2,1-3H3/t16-,19+/m1/s1. The first-order valence-corrected chi connectivity index (χ1v) is 9.75. The SMILES string of the molecule is COc1ccc(C(C)=O)cc1COC(=O)[C@H]1CS[C@@H](c2ccco2)N1C(C)=O. The summed E-state index contributed by atoms with van der Waals surface area (Å²) in [6.07, 6.45) is 1.54. The van der Waals surface area contributed by atoms with Crippen LogP contribution in [0.1, 0.15) is 40.9 Å². The molecular weight excluding hydrogens is 382 g/mol. The van der Waals surface area contributed by atoms with Gasteiger partial charge < -0.3 is 18.8 Å². The summed E-state index contributed by atoms with van der Waals surface area (Å²) < 4.78 is 16.2. The molecule has 2 atom stereocenters. The second-order valence-electron chi connectivity index (χ2n) is 6.33. The van der Waals surface area contributed by atoms with E-state index in [0.29, 0.717) is 28.4 Å². The average Bonchev–Trinajstić information content (AvgIpc) is 3.34. The number of esters is 1. The minimum absolute atomic E-state index is 0.0541. The highest BCUT2D eigenvalue weighted by molar-refractivity contribution is 7.99. The minimum atomic E-state index is -0.709. The van der Waals surface area contributed by atoms with Crippen LogP contribution in [0.2, 0.25) is 0 Å². The molecule has 2 aromatic rings. The van der Waals surface area contributed by atoms with E-state index in [0.717, 1.165) is 0 Å². The number of hydrogen-bond acceptors (Lipinski definition) is 7. The van der Waals surface area contributed by atoms with Gasteiger partial charge in [0, 0.05) is 23.8 Å². The molecule has 148 valence electrons. The second-order valence-corrected chi connectivity index (χ2v) is 7.45. The fraction of sp³-hybridized carbons (Fsp3) is 0.350. The van der Waals surface area contributed by atoms with Gasteiger partial charge in [-0.05, 0) is 37.3 Å². The number of hydrogen-bond donors (Lipinski definition) is 0. The number of ether oxygens (including phenoxy) is 2. The molecule has 1 aromatic heterocycles. The van der Waals surface area contributed by atoms with Gasteiger partial charge in [-0.1, -0.05) is 0 Å². The van der Waals surface area contributed by atoms with Crippen molar-refractivity contribution >= 4 is 29.4 Å². The number of benzene rings is 1. The molecule has 0 aliphatic carbocycles. The number of rotatable bonds is 6. The quantitative estimate of drug-likeness (QED) is 0.541. The molecule has 2 heterocycles. The van der Waals surface area contributed by atoms with Gasteiger partial charge in [-0.15, -0.1) is 11.8 Å². The molecule has 1 aromatic carbocycles. The summed E-state index contributed by atoms with van der Waals surface area (Å²) in [6.45, 7) is 2.83. The largest absolute Gasteiger partial charge is 0.496 e. The lowest BCUT2D eigenvalue weighted by atomic mass is 10.1. The number of furan rings is 1. The van der Waals surface area contributed by atoms with Crippen molar-refractivity contribution in [2.24, 2.45) is 0 Å². The van der Waals surface area contributed by atoms with E-state index in [2.05, 4.69) is 0 Å². The zero-order chi connectivity index (χ0) is 20.3. The van der Waals surface area contributed by atoms with Gasteiger partial charge in [0.05, 0.1) is 13.4 Å². The molecule has 1 aliphatic rings. The van der Waals surface area contributed by atoms with Gasteiger partial charge in [0.25, 0.3) is 0 Å².